The Bertz CT molecular complexity index is 584. The normalized spacial score (nSPS) is 9.74. The van der Waals surface area contributed by atoms with Gasteiger partial charge in [0.15, 0.2) is 0 Å². The molecule has 0 heterocycles. The number of carbonyl (C=O) groups is 1. The number of hydrogen-bond acceptors (Lipinski definition) is 3. The van der Waals surface area contributed by atoms with Crippen molar-refractivity contribution in [3.8, 4) is 16.9 Å². The number of benzene rings is 2. The van der Waals surface area contributed by atoms with Crippen LogP contribution in [0.25, 0.3) is 11.1 Å². The Balaban J connectivity index is 2.29. The Morgan fingerprint density at radius 3 is 2.68 bits per heavy atom. The van der Waals surface area contributed by atoms with Gasteiger partial charge in [-0.05, 0) is 23.8 Å². The van der Waals surface area contributed by atoms with Gasteiger partial charge in [-0.1, -0.05) is 30.3 Å². The molecule has 2 aromatic rings. The molecule has 0 radical (unpaired) electrons. The molecule has 0 aliphatic rings. The highest BCUT2D eigenvalue weighted by Gasteiger charge is 2.05. The minimum absolute atomic E-state index is 0.658. The van der Waals surface area contributed by atoms with E-state index in [1.807, 2.05) is 42.5 Å². The van der Waals surface area contributed by atoms with E-state index in [2.05, 4.69) is 10.9 Å². The van der Waals surface area contributed by atoms with Crippen molar-refractivity contribution in [1.29, 1.82) is 0 Å². The number of methoxy groups -OCH3 is 1. The summed E-state index contributed by atoms with van der Waals surface area (Å²) in [6, 6.07) is 15.0. The molecule has 2 rings (SSSR count). The summed E-state index contributed by atoms with van der Waals surface area (Å²) in [5.74, 6) is 0.769. The second-order valence-corrected chi connectivity index (χ2v) is 3.84. The fraction of sp³-hybridized carbons (Fsp3) is 0.0714. The molecule has 1 amide bonds. The van der Waals surface area contributed by atoms with E-state index in [1.165, 1.54) is 0 Å². The predicted octanol–water partition coefficient (Wildman–Crippen LogP) is 2.96. The fourth-order valence-electron chi connectivity index (χ4n) is 1.77. The molecule has 5 nitrogen and oxygen atoms in total. The van der Waals surface area contributed by atoms with Crippen LogP contribution in [-0.4, -0.2) is 18.3 Å². The zero-order chi connectivity index (χ0) is 13.7. The maximum absolute atomic E-state index is 10.4. The van der Waals surface area contributed by atoms with Crippen LogP contribution in [-0.2, 0) is 0 Å². The number of nitrogens with one attached hydrogen (secondary N) is 2. The van der Waals surface area contributed by atoms with Crippen LogP contribution in [0, 0.1) is 0 Å². The monoisotopic (exact) mass is 258 g/mol. The highest BCUT2D eigenvalue weighted by Crippen LogP contribution is 2.30. The van der Waals surface area contributed by atoms with Gasteiger partial charge in [0.25, 0.3) is 0 Å². The third-order valence-electron chi connectivity index (χ3n) is 2.59. The predicted molar refractivity (Wildman–Crippen MR) is 73.2 cm³/mol. The van der Waals surface area contributed by atoms with E-state index >= 15 is 0 Å². The van der Waals surface area contributed by atoms with Crippen LogP contribution in [0.3, 0.4) is 0 Å². The quantitative estimate of drug-likeness (QED) is 0.737. The molecule has 98 valence electrons. The second-order valence-electron chi connectivity index (χ2n) is 3.84. The van der Waals surface area contributed by atoms with Gasteiger partial charge >= 0.3 is 6.09 Å². The fourth-order valence-corrected chi connectivity index (χ4v) is 1.77. The number of hydrogen-bond donors (Lipinski definition) is 3. The molecule has 5 heteroatoms. The molecule has 0 aromatic heterocycles. The van der Waals surface area contributed by atoms with Crippen molar-refractivity contribution in [2.75, 3.05) is 12.5 Å². The number of ether oxygens (including phenoxy) is 1. The number of rotatable bonds is 4. The summed E-state index contributed by atoms with van der Waals surface area (Å²) in [6.07, 6.45) is -1.14. The lowest BCUT2D eigenvalue weighted by Crippen LogP contribution is -2.27. The van der Waals surface area contributed by atoms with E-state index in [0.717, 1.165) is 16.9 Å². The summed E-state index contributed by atoms with van der Waals surface area (Å²) >= 11 is 0. The van der Waals surface area contributed by atoms with Crippen LogP contribution in [0.5, 0.6) is 5.75 Å². The van der Waals surface area contributed by atoms with E-state index in [4.69, 9.17) is 9.84 Å². The average Bonchev–Trinajstić information content (AvgIpc) is 2.45. The zero-order valence-corrected chi connectivity index (χ0v) is 10.4. The molecule has 0 saturated heterocycles. The van der Waals surface area contributed by atoms with Gasteiger partial charge in [0, 0.05) is 5.56 Å². The molecular weight excluding hydrogens is 244 g/mol. The van der Waals surface area contributed by atoms with Crippen molar-refractivity contribution in [3.05, 3.63) is 48.5 Å². The van der Waals surface area contributed by atoms with Gasteiger partial charge in [0.05, 0.1) is 12.8 Å². The van der Waals surface area contributed by atoms with Gasteiger partial charge in [-0.15, -0.1) is 0 Å². The standard InChI is InChI=1S/C14H14N2O3/c1-19-13-8-3-2-7-12(13)10-5-4-6-11(9-10)15-16-14(17)18/h2-9,15-16H,1H3,(H,17,18). The van der Waals surface area contributed by atoms with E-state index in [1.54, 1.807) is 13.2 Å². The number of amides is 1. The van der Waals surface area contributed by atoms with Gasteiger partial charge in [-0.3, -0.25) is 5.43 Å². The molecular formula is C14H14N2O3. The van der Waals surface area contributed by atoms with Gasteiger partial charge in [-0.25, -0.2) is 10.2 Å². The van der Waals surface area contributed by atoms with Crippen LogP contribution in [0.4, 0.5) is 10.5 Å². The summed E-state index contributed by atoms with van der Waals surface area (Å²) < 4.78 is 5.31. The van der Waals surface area contributed by atoms with Crippen molar-refractivity contribution < 1.29 is 14.6 Å². The average molecular weight is 258 g/mol. The minimum Gasteiger partial charge on any atom is -0.496 e. The molecule has 0 atom stereocenters. The Morgan fingerprint density at radius 2 is 1.95 bits per heavy atom. The van der Waals surface area contributed by atoms with Gasteiger partial charge < -0.3 is 9.84 Å². The molecule has 19 heavy (non-hydrogen) atoms. The van der Waals surface area contributed by atoms with E-state index < -0.39 is 6.09 Å². The molecule has 0 bridgehead atoms. The lowest BCUT2D eigenvalue weighted by Gasteiger charge is -2.10. The topological polar surface area (TPSA) is 70.6 Å². The third-order valence-corrected chi connectivity index (χ3v) is 2.59. The minimum atomic E-state index is -1.14. The van der Waals surface area contributed by atoms with Crippen LogP contribution in [0.2, 0.25) is 0 Å². The number of carboxylic acid groups (broad SMARTS) is 1. The first-order valence-corrected chi connectivity index (χ1v) is 5.69. The SMILES string of the molecule is COc1ccccc1-c1cccc(NNC(=O)O)c1. The Hall–Kier alpha value is -2.69. The molecule has 0 aliphatic carbocycles. The number of hydrazine groups is 1. The van der Waals surface area contributed by atoms with Crippen molar-refractivity contribution in [2.24, 2.45) is 0 Å². The van der Waals surface area contributed by atoms with Crippen LogP contribution < -0.4 is 15.6 Å². The maximum Gasteiger partial charge on any atom is 0.423 e. The van der Waals surface area contributed by atoms with E-state index in [0.29, 0.717) is 5.69 Å². The highest BCUT2D eigenvalue weighted by molar-refractivity contribution is 5.74. The molecule has 3 N–H and O–H groups in total. The first kappa shape index (κ1) is 12.8. The van der Waals surface area contributed by atoms with Crippen molar-refractivity contribution in [1.82, 2.24) is 5.43 Å². The van der Waals surface area contributed by atoms with Crippen LogP contribution >= 0.6 is 0 Å². The lowest BCUT2D eigenvalue weighted by atomic mass is 10.0. The smallest absolute Gasteiger partial charge is 0.423 e. The molecule has 0 spiro atoms. The lowest BCUT2D eigenvalue weighted by molar-refractivity contribution is 0.197. The first-order valence-electron chi connectivity index (χ1n) is 5.69. The summed E-state index contributed by atoms with van der Waals surface area (Å²) in [6.45, 7) is 0. The Kier molecular flexibility index (Phi) is 3.87. The van der Waals surface area contributed by atoms with Crippen molar-refractivity contribution >= 4 is 11.8 Å². The molecule has 0 aliphatic heterocycles. The zero-order valence-electron chi connectivity index (χ0n) is 10.4. The second kappa shape index (κ2) is 5.77. The summed E-state index contributed by atoms with van der Waals surface area (Å²) in [4.78, 5) is 10.4. The Morgan fingerprint density at radius 1 is 1.16 bits per heavy atom. The van der Waals surface area contributed by atoms with Gasteiger partial charge in [-0.2, -0.15) is 0 Å². The Labute approximate surface area is 110 Å². The van der Waals surface area contributed by atoms with E-state index in [9.17, 15) is 4.79 Å². The number of anilines is 1. The van der Waals surface area contributed by atoms with Crippen molar-refractivity contribution in [3.63, 3.8) is 0 Å². The van der Waals surface area contributed by atoms with Gasteiger partial charge in [0.2, 0.25) is 0 Å². The highest BCUT2D eigenvalue weighted by atomic mass is 16.5. The maximum atomic E-state index is 10.4. The van der Waals surface area contributed by atoms with E-state index in [-0.39, 0.29) is 0 Å². The summed E-state index contributed by atoms with van der Waals surface area (Å²) in [5.41, 5.74) is 7.25. The summed E-state index contributed by atoms with van der Waals surface area (Å²) in [7, 11) is 1.62. The molecule has 0 fully saturated rings. The van der Waals surface area contributed by atoms with Crippen LogP contribution in [0.15, 0.2) is 48.5 Å². The van der Waals surface area contributed by atoms with Crippen LogP contribution in [0.1, 0.15) is 0 Å². The third kappa shape index (κ3) is 3.16. The van der Waals surface area contributed by atoms with Crippen molar-refractivity contribution in [2.45, 2.75) is 0 Å². The van der Waals surface area contributed by atoms with Gasteiger partial charge in [0.1, 0.15) is 5.75 Å². The largest absolute Gasteiger partial charge is 0.496 e. The molecule has 0 saturated carbocycles. The number of para-hydroxylation sites is 1. The molecule has 0 unspecified atom stereocenters. The first-order chi connectivity index (χ1) is 9.20. The molecule has 2 aromatic carbocycles. The summed E-state index contributed by atoms with van der Waals surface area (Å²) in [5, 5.41) is 8.55.